The summed E-state index contributed by atoms with van der Waals surface area (Å²) >= 11 is 0. The fraction of sp³-hybridized carbons (Fsp3) is 0.533. The predicted molar refractivity (Wildman–Crippen MR) is 85.5 cm³/mol. The summed E-state index contributed by atoms with van der Waals surface area (Å²) < 4.78 is 28.9. The third-order valence-corrected chi connectivity index (χ3v) is 6.52. The predicted octanol–water partition coefficient (Wildman–Crippen LogP) is 1.86. The minimum atomic E-state index is -3.53. The van der Waals surface area contributed by atoms with Crippen molar-refractivity contribution in [3.63, 3.8) is 0 Å². The van der Waals surface area contributed by atoms with Crippen LogP contribution in [0.2, 0.25) is 0 Å². The molecule has 0 saturated heterocycles. The maximum absolute atomic E-state index is 13.0. The average Bonchev–Trinajstić information content (AvgIpc) is 3.09. The first-order valence-corrected chi connectivity index (χ1v) is 9.25. The molecule has 23 heavy (non-hydrogen) atoms. The molecule has 2 atom stereocenters. The van der Waals surface area contributed by atoms with E-state index < -0.39 is 10.0 Å². The Labute approximate surface area is 136 Å². The zero-order valence-corrected chi connectivity index (χ0v) is 14.1. The number of benzene rings is 1. The van der Waals surface area contributed by atoms with Gasteiger partial charge < -0.3 is 0 Å². The Morgan fingerprint density at radius 3 is 2.74 bits per heavy atom. The normalized spacial score (nSPS) is 22.4. The number of hydrogen-bond acceptors (Lipinski definition) is 5. The highest BCUT2D eigenvalue weighted by atomic mass is 32.2. The third kappa shape index (κ3) is 3.13. The van der Waals surface area contributed by atoms with Crippen LogP contribution in [0.15, 0.2) is 35.5 Å². The first-order chi connectivity index (χ1) is 11.0. The van der Waals surface area contributed by atoms with E-state index in [2.05, 4.69) is 22.4 Å². The number of aromatic nitrogens is 4. The van der Waals surface area contributed by atoms with Crippen molar-refractivity contribution in [2.75, 3.05) is 7.05 Å². The van der Waals surface area contributed by atoms with E-state index in [1.165, 1.54) is 21.7 Å². The molecule has 1 aromatic carbocycles. The lowest BCUT2D eigenvalue weighted by Crippen LogP contribution is -2.42. The van der Waals surface area contributed by atoms with Crippen LogP contribution in [-0.2, 0) is 10.0 Å². The number of hydrogen-bond donors (Lipinski definition) is 0. The van der Waals surface area contributed by atoms with E-state index in [0.29, 0.717) is 11.6 Å². The van der Waals surface area contributed by atoms with Gasteiger partial charge >= 0.3 is 0 Å². The zero-order valence-electron chi connectivity index (χ0n) is 13.3. The average molecular weight is 335 g/mol. The van der Waals surface area contributed by atoms with Crippen LogP contribution in [0.3, 0.4) is 0 Å². The van der Waals surface area contributed by atoms with Crippen LogP contribution in [0.5, 0.6) is 0 Å². The van der Waals surface area contributed by atoms with Crippen LogP contribution >= 0.6 is 0 Å². The van der Waals surface area contributed by atoms with E-state index in [0.717, 1.165) is 19.3 Å². The lowest BCUT2D eigenvalue weighted by Gasteiger charge is -2.35. The summed E-state index contributed by atoms with van der Waals surface area (Å²) in [7, 11) is -1.85. The maximum atomic E-state index is 13.0. The van der Waals surface area contributed by atoms with Crippen molar-refractivity contribution >= 4 is 10.0 Å². The summed E-state index contributed by atoms with van der Waals surface area (Å²) in [6, 6.07) is 6.77. The van der Waals surface area contributed by atoms with Crippen molar-refractivity contribution in [1.29, 1.82) is 0 Å². The van der Waals surface area contributed by atoms with Gasteiger partial charge in [-0.05, 0) is 47.4 Å². The van der Waals surface area contributed by atoms with Crippen molar-refractivity contribution in [3.8, 4) is 5.69 Å². The molecule has 0 spiro atoms. The van der Waals surface area contributed by atoms with Crippen LogP contribution in [0, 0.1) is 5.92 Å². The molecule has 2 aromatic rings. The largest absolute Gasteiger partial charge is 0.243 e. The lowest BCUT2D eigenvalue weighted by molar-refractivity contribution is 0.213. The first-order valence-electron chi connectivity index (χ1n) is 7.81. The Balaban J connectivity index is 1.91. The van der Waals surface area contributed by atoms with Gasteiger partial charge in [0, 0.05) is 13.1 Å². The number of tetrazole rings is 1. The summed E-state index contributed by atoms with van der Waals surface area (Å²) in [5.41, 5.74) is 0.626. The van der Waals surface area contributed by atoms with Gasteiger partial charge in [-0.25, -0.2) is 13.1 Å². The second-order valence-corrected chi connectivity index (χ2v) is 8.10. The van der Waals surface area contributed by atoms with Crippen LogP contribution in [0.4, 0.5) is 0 Å². The van der Waals surface area contributed by atoms with E-state index in [9.17, 15) is 8.42 Å². The molecule has 3 rings (SSSR count). The Kier molecular flexibility index (Phi) is 4.45. The van der Waals surface area contributed by atoms with Gasteiger partial charge in [0.05, 0.1) is 10.6 Å². The summed E-state index contributed by atoms with van der Waals surface area (Å²) in [4.78, 5) is 0.269. The summed E-state index contributed by atoms with van der Waals surface area (Å²) in [5, 5.41) is 11.0. The second kappa shape index (κ2) is 6.37. The molecule has 7 nitrogen and oxygen atoms in total. The second-order valence-electron chi connectivity index (χ2n) is 6.10. The molecule has 1 saturated carbocycles. The van der Waals surface area contributed by atoms with Crippen LogP contribution in [0.1, 0.15) is 32.6 Å². The smallest absolute Gasteiger partial charge is 0.207 e. The van der Waals surface area contributed by atoms with Gasteiger partial charge in [0.1, 0.15) is 6.33 Å². The Morgan fingerprint density at radius 1 is 1.26 bits per heavy atom. The van der Waals surface area contributed by atoms with Crippen molar-refractivity contribution in [3.05, 3.63) is 30.6 Å². The molecular weight excluding hydrogens is 314 g/mol. The van der Waals surface area contributed by atoms with Gasteiger partial charge in [0.25, 0.3) is 0 Å². The van der Waals surface area contributed by atoms with E-state index >= 15 is 0 Å². The molecule has 0 radical (unpaired) electrons. The monoisotopic (exact) mass is 335 g/mol. The Hall–Kier alpha value is -1.80. The molecule has 0 N–H and O–H groups in total. The van der Waals surface area contributed by atoms with E-state index in [4.69, 9.17) is 0 Å². The molecule has 1 fully saturated rings. The summed E-state index contributed by atoms with van der Waals surface area (Å²) in [6.45, 7) is 2.13. The third-order valence-electron chi connectivity index (χ3n) is 4.64. The number of rotatable bonds is 4. The molecule has 0 amide bonds. The van der Waals surface area contributed by atoms with Crippen molar-refractivity contribution < 1.29 is 8.42 Å². The summed E-state index contributed by atoms with van der Waals surface area (Å²) in [5.74, 6) is 0.381. The zero-order chi connectivity index (χ0) is 16.4. The van der Waals surface area contributed by atoms with Gasteiger partial charge in [0.2, 0.25) is 10.0 Å². The van der Waals surface area contributed by atoms with Gasteiger partial charge in [-0.2, -0.15) is 4.31 Å². The quantitative estimate of drug-likeness (QED) is 0.852. The molecule has 124 valence electrons. The standard InChI is InChI=1S/C15H21N5O2S/c1-12-6-3-4-9-15(12)19(2)23(21,22)14-8-5-7-13(10-14)20-11-16-17-18-20/h5,7-8,10-12,15H,3-4,6,9H2,1-2H3/t12-,15+/m1/s1. The highest BCUT2D eigenvalue weighted by molar-refractivity contribution is 7.89. The fourth-order valence-corrected chi connectivity index (χ4v) is 4.77. The van der Waals surface area contributed by atoms with Gasteiger partial charge in [-0.1, -0.05) is 25.8 Å². The van der Waals surface area contributed by atoms with E-state index in [1.807, 2.05) is 0 Å². The van der Waals surface area contributed by atoms with Gasteiger partial charge in [-0.15, -0.1) is 5.10 Å². The number of nitrogens with zero attached hydrogens (tertiary/aromatic N) is 5. The minimum Gasteiger partial charge on any atom is -0.207 e. The van der Waals surface area contributed by atoms with Crippen LogP contribution in [-0.4, -0.2) is 46.0 Å². The molecular formula is C15H21N5O2S. The van der Waals surface area contributed by atoms with Crippen LogP contribution in [0.25, 0.3) is 5.69 Å². The molecule has 0 bridgehead atoms. The molecule has 8 heteroatoms. The molecule has 1 aromatic heterocycles. The van der Waals surface area contributed by atoms with E-state index in [-0.39, 0.29) is 10.9 Å². The lowest BCUT2D eigenvalue weighted by atomic mass is 9.86. The highest BCUT2D eigenvalue weighted by Crippen LogP contribution is 2.31. The molecule has 1 heterocycles. The van der Waals surface area contributed by atoms with Gasteiger partial charge in [0.15, 0.2) is 0 Å². The minimum absolute atomic E-state index is 0.0606. The van der Waals surface area contributed by atoms with Crippen LogP contribution < -0.4 is 0 Å². The Bertz CT molecular complexity index is 760. The van der Waals surface area contributed by atoms with Gasteiger partial charge in [-0.3, -0.25) is 0 Å². The molecule has 0 aliphatic heterocycles. The number of sulfonamides is 1. The fourth-order valence-electron chi connectivity index (χ4n) is 3.25. The Morgan fingerprint density at radius 2 is 2.04 bits per heavy atom. The SMILES string of the molecule is C[C@@H]1CCCC[C@@H]1N(C)S(=O)(=O)c1cccc(-n2cnnn2)c1. The van der Waals surface area contributed by atoms with Crippen molar-refractivity contribution in [1.82, 2.24) is 24.5 Å². The molecule has 1 aliphatic carbocycles. The van der Waals surface area contributed by atoms with Crippen molar-refractivity contribution in [2.45, 2.75) is 43.5 Å². The maximum Gasteiger partial charge on any atom is 0.243 e. The van der Waals surface area contributed by atoms with Crippen molar-refractivity contribution in [2.24, 2.45) is 5.92 Å². The van der Waals surface area contributed by atoms with E-state index in [1.54, 1.807) is 31.3 Å². The first kappa shape index (κ1) is 16.1. The highest BCUT2D eigenvalue weighted by Gasteiger charge is 2.33. The topological polar surface area (TPSA) is 81.0 Å². The molecule has 0 unspecified atom stereocenters. The molecule has 1 aliphatic rings. The summed E-state index contributed by atoms with van der Waals surface area (Å²) in [6.07, 6.45) is 5.71.